The number of nitrogens with zero attached hydrogens (tertiary/aromatic N) is 2. The van der Waals surface area contributed by atoms with E-state index in [9.17, 15) is 4.79 Å². The Balaban J connectivity index is 1.97. The van der Waals surface area contributed by atoms with Gasteiger partial charge < -0.3 is 14.7 Å². The number of morpholine rings is 1. The second kappa shape index (κ2) is 4.85. The van der Waals surface area contributed by atoms with Crippen LogP contribution in [0.2, 0.25) is 0 Å². The van der Waals surface area contributed by atoms with Crippen LogP contribution in [0.25, 0.3) is 10.8 Å². The number of fused-ring (bicyclic) bond motifs is 1. The molecule has 5 nitrogen and oxygen atoms in total. The molecule has 1 saturated heterocycles. The molecule has 1 fully saturated rings. The van der Waals surface area contributed by atoms with E-state index in [1.807, 2.05) is 35.2 Å². The normalized spacial score (nSPS) is 19.6. The van der Waals surface area contributed by atoms with E-state index in [0.717, 1.165) is 16.6 Å². The van der Waals surface area contributed by atoms with E-state index in [-0.39, 0.29) is 0 Å². The monoisotopic (exact) mass is 258 g/mol. The van der Waals surface area contributed by atoms with Crippen molar-refractivity contribution >= 4 is 22.6 Å². The van der Waals surface area contributed by atoms with Crippen molar-refractivity contribution in [3.63, 3.8) is 0 Å². The van der Waals surface area contributed by atoms with E-state index < -0.39 is 12.1 Å². The van der Waals surface area contributed by atoms with Crippen LogP contribution in [-0.4, -0.2) is 41.9 Å². The number of hydrogen-bond acceptors (Lipinski definition) is 4. The summed E-state index contributed by atoms with van der Waals surface area (Å²) in [6, 6.07) is 9.92. The highest BCUT2D eigenvalue weighted by Crippen LogP contribution is 2.25. The summed E-state index contributed by atoms with van der Waals surface area (Å²) in [4.78, 5) is 17.4. The number of pyridine rings is 1. The van der Waals surface area contributed by atoms with Gasteiger partial charge in [0.2, 0.25) is 0 Å². The molecule has 1 unspecified atom stereocenters. The highest BCUT2D eigenvalue weighted by Gasteiger charge is 2.27. The summed E-state index contributed by atoms with van der Waals surface area (Å²) in [5.41, 5.74) is 0. The van der Waals surface area contributed by atoms with Crippen LogP contribution in [0, 0.1) is 0 Å². The van der Waals surface area contributed by atoms with Crippen LogP contribution in [0.15, 0.2) is 36.5 Å². The molecule has 5 heteroatoms. The molecule has 1 aliphatic rings. The minimum atomic E-state index is -0.926. The van der Waals surface area contributed by atoms with Crippen LogP contribution in [0.5, 0.6) is 0 Å². The van der Waals surface area contributed by atoms with Crippen molar-refractivity contribution in [1.82, 2.24) is 4.98 Å². The van der Waals surface area contributed by atoms with Gasteiger partial charge in [-0.25, -0.2) is 9.78 Å². The number of hydrogen-bond donors (Lipinski definition) is 1. The number of aliphatic carboxylic acids is 1. The second-order valence-electron chi connectivity index (χ2n) is 4.50. The third-order valence-electron chi connectivity index (χ3n) is 3.29. The molecule has 19 heavy (non-hydrogen) atoms. The predicted octanol–water partition coefficient (Wildman–Crippen LogP) is 1.52. The van der Waals surface area contributed by atoms with Crippen molar-refractivity contribution in [2.75, 3.05) is 24.6 Å². The first-order chi connectivity index (χ1) is 9.25. The zero-order valence-corrected chi connectivity index (χ0v) is 10.3. The molecule has 0 bridgehead atoms. The Labute approximate surface area is 110 Å². The molecule has 1 aromatic heterocycles. The fourth-order valence-corrected chi connectivity index (χ4v) is 2.35. The molecular weight excluding hydrogens is 244 g/mol. The second-order valence-corrected chi connectivity index (χ2v) is 4.50. The van der Waals surface area contributed by atoms with Crippen LogP contribution in [0.3, 0.4) is 0 Å². The van der Waals surface area contributed by atoms with Gasteiger partial charge >= 0.3 is 5.97 Å². The molecule has 3 rings (SSSR count). The van der Waals surface area contributed by atoms with E-state index in [0.29, 0.717) is 19.7 Å². The van der Waals surface area contributed by atoms with Gasteiger partial charge in [0, 0.05) is 18.1 Å². The third kappa shape index (κ3) is 2.24. The van der Waals surface area contributed by atoms with Crippen LogP contribution in [0.4, 0.5) is 5.82 Å². The van der Waals surface area contributed by atoms with Crippen molar-refractivity contribution < 1.29 is 14.6 Å². The number of carbonyl (C=O) groups is 1. The first kappa shape index (κ1) is 11.9. The minimum absolute atomic E-state index is 0.330. The van der Waals surface area contributed by atoms with Gasteiger partial charge in [0.15, 0.2) is 6.10 Å². The average molecular weight is 258 g/mol. The Morgan fingerprint density at radius 2 is 2.21 bits per heavy atom. The van der Waals surface area contributed by atoms with Crippen molar-refractivity contribution in [3.05, 3.63) is 36.5 Å². The van der Waals surface area contributed by atoms with Crippen LogP contribution < -0.4 is 4.90 Å². The summed E-state index contributed by atoms with van der Waals surface area (Å²) < 4.78 is 5.23. The van der Waals surface area contributed by atoms with Gasteiger partial charge in [-0.15, -0.1) is 0 Å². The van der Waals surface area contributed by atoms with Gasteiger partial charge in [-0.2, -0.15) is 0 Å². The fraction of sp³-hybridized carbons (Fsp3) is 0.286. The first-order valence-electron chi connectivity index (χ1n) is 6.19. The van der Waals surface area contributed by atoms with E-state index in [4.69, 9.17) is 9.84 Å². The largest absolute Gasteiger partial charge is 0.479 e. The predicted molar refractivity (Wildman–Crippen MR) is 71.3 cm³/mol. The van der Waals surface area contributed by atoms with E-state index in [2.05, 4.69) is 4.98 Å². The zero-order valence-electron chi connectivity index (χ0n) is 10.3. The maximum absolute atomic E-state index is 11.0. The number of aromatic nitrogens is 1. The van der Waals surface area contributed by atoms with E-state index in [1.54, 1.807) is 6.20 Å². The summed E-state index contributed by atoms with van der Waals surface area (Å²) in [6.45, 7) is 1.39. The number of carboxylic acid groups (broad SMARTS) is 1. The average Bonchev–Trinajstić information content (AvgIpc) is 2.47. The molecule has 2 aromatic rings. The number of rotatable bonds is 2. The molecule has 98 valence electrons. The molecule has 1 atom stereocenters. The maximum atomic E-state index is 11.0. The number of ether oxygens (including phenoxy) is 1. The lowest BCUT2D eigenvalue weighted by atomic mass is 10.1. The molecule has 0 aliphatic carbocycles. The Morgan fingerprint density at radius 3 is 3.05 bits per heavy atom. The van der Waals surface area contributed by atoms with Crippen molar-refractivity contribution in [2.24, 2.45) is 0 Å². The summed E-state index contributed by atoms with van der Waals surface area (Å²) in [5.74, 6) is -0.0995. The van der Waals surface area contributed by atoms with E-state index >= 15 is 0 Å². The Kier molecular flexibility index (Phi) is 3.05. The van der Waals surface area contributed by atoms with Crippen LogP contribution in [0.1, 0.15) is 0 Å². The Hall–Kier alpha value is -2.14. The Bertz CT molecular complexity index is 609. The summed E-state index contributed by atoms with van der Waals surface area (Å²) in [5, 5.41) is 11.2. The Morgan fingerprint density at radius 1 is 1.37 bits per heavy atom. The maximum Gasteiger partial charge on any atom is 0.334 e. The van der Waals surface area contributed by atoms with Gasteiger partial charge in [0.25, 0.3) is 0 Å². The van der Waals surface area contributed by atoms with Crippen molar-refractivity contribution in [3.8, 4) is 0 Å². The topological polar surface area (TPSA) is 62.7 Å². The highest BCUT2D eigenvalue weighted by molar-refractivity contribution is 5.92. The third-order valence-corrected chi connectivity index (χ3v) is 3.29. The van der Waals surface area contributed by atoms with E-state index in [1.165, 1.54) is 0 Å². The van der Waals surface area contributed by atoms with Gasteiger partial charge in [-0.1, -0.05) is 24.3 Å². The van der Waals surface area contributed by atoms with Crippen molar-refractivity contribution in [1.29, 1.82) is 0 Å². The molecule has 0 amide bonds. The fourth-order valence-electron chi connectivity index (χ4n) is 2.35. The lowest BCUT2D eigenvalue weighted by molar-refractivity contribution is -0.150. The van der Waals surface area contributed by atoms with Gasteiger partial charge in [-0.3, -0.25) is 0 Å². The summed E-state index contributed by atoms with van der Waals surface area (Å²) in [7, 11) is 0. The number of anilines is 1. The van der Waals surface area contributed by atoms with Gasteiger partial charge in [0.1, 0.15) is 5.82 Å². The molecule has 1 N–H and O–H groups in total. The van der Waals surface area contributed by atoms with Gasteiger partial charge in [-0.05, 0) is 11.5 Å². The molecular formula is C14H14N2O3. The lowest BCUT2D eigenvalue weighted by Crippen LogP contribution is -2.46. The standard InChI is InChI=1S/C14H14N2O3/c17-14(18)12-9-16(7-8-19-12)13-11-4-2-1-3-10(11)5-6-15-13/h1-6,12H,7-9H2,(H,17,18). The summed E-state index contributed by atoms with van der Waals surface area (Å²) >= 11 is 0. The first-order valence-corrected chi connectivity index (χ1v) is 6.19. The highest BCUT2D eigenvalue weighted by atomic mass is 16.5. The molecule has 1 aliphatic heterocycles. The SMILES string of the molecule is O=C(O)C1CN(c2nccc3ccccc23)CCO1. The number of benzene rings is 1. The smallest absolute Gasteiger partial charge is 0.334 e. The molecule has 1 aromatic carbocycles. The summed E-state index contributed by atoms with van der Waals surface area (Å²) in [6.07, 6.45) is 0.970. The lowest BCUT2D eigenvalue weighted by Gasteiger charge is -2.32. The molecule has 0 spiro atoms. The molecule has 2 heterocycles. The number of carboxylic acids is 1. The molecule has 0 saturated carbocycles. The van der Waals surface area contributed by atoms with Crippen LogP contribution >= 0.6 is 0 Å². The molecule has 0 radical (unpaired) electrons. The minimum Gasteiger partial charge on any atom is -0.479 e. The van der Waals surface area contributed by atoms with Gasteiger partial charge in [0.05, 0.1) is 13.2 Å². The van der Waals surface area contributed by atoms with Crippen LogP contribution in [-0.2, 0) is 9.53 Å². The van der Waals surface area contributed by atoms with Crippen molar-refractivity contribution in [2.45, 2.75) is 6.10 Å². The quantitative estimate of drug-likeness (QED) is 0.885. The zero-order chi connectivity index (χ0) is 13.2.